The van der Waals surface area contributed by atoms with Gasteiger partial charge in [-0.25, -0.2) is 0 Å². The Kier molecular flexibility index (Phi) is 4.68. The van der Waals surface area contributed by atoms with E-state index in [1.54, 1.807) is 20.3 Å². The number of halogens is 1. The van der Waals surface area contributed by atoms with Crippen LogP contribution in [0.2, 0.25) is 0 Å². The summed E-state index contributed by atoms with van der Waals surface area (Å²) < 4.78 is 11.5. The van der Waals surface area contributed by atoms with Crippen molar-refractivity contribution >= 4 is 15.9 Å². The molecule has 0 amide bonds. The van der Waals surface area contributed by atoms with E-state index in [0.717, 1.165) is 21.2 Å². The summed E-state index contributed by atoms with van der Waals surface area (Å²) in [5, 5.41) is 10.5. The van der Waals surface area contributed by atoms with E-state index in [-0.39, 0.29) is 0 Å². The molecule has 0 aliphatic carbocycles. The van der Waals surface area contributed by atoms with E-state index in [2.05, 4.69) is 15.9 Å². The number of hydrogen-bond acceptors (Lipinski definition) is 3. The first-order valence-electron chi connectivity index (χ1n) is 6.23. The number of methoxy groups -OCH3 is 2. The van der Waals surface area contributed by atoms with Gasteiger partial charge in [0.1, 0.15) is 17.6 Å². The third kappa shape index (κ3) is 2.97. The van der Waals surface area contributed by atoms with E-state index in [1.165, 1.54) is 0 Å². The molecule has 3 nitrogen and oxygen atoms in total. The number of aliphatic hydroxyl groups excluding tert-OH is 1. The SMILES string of the molecule is COc1ccc(C(O)c2ccc(Br)c(C)c2)c(OC)c1. The number of rotatable bonds is 4. The minimum Gasteiger partial charge on any atom is -0.497 e. The molecule has 0 saturated heterocycles. The average molecular weight is 337 g/mol. The molecule has 0 radical (unpaired) electrons. The van der Waals surface area contributed by atoms with Crippen LogP contribution in [0.4, 0.5) is 0 Å². The van der Waals surface area contributed by atoms with Crippen molar-refractivity contribution < 1.29 is 14.6 Å². The van der Waals surface area contributed by atoms with Crippen LogP contribution in [0.3, 0.4) is 0 Å². The van der Waals surface area contributed by atoms with Gasteiger partial charge in [0, 0.05) is 16.1 Å². The Labute approximate surface area is 127 Å². The Hall–Kier alpha value is -1.52. The second kappa shape index (κ2) is 6.29. The number of aliphatic hydroxyl groups is 1. The molecule has 1 unspecified atom stereocenters. The van der Waals surface area contributed by atoms with E-state index in [4.69, 9.17) is 9.47 Å². The van der Waals surface area contributed by atoms with Crippen LogP contribution in [-0.4, -0.2) is 19.3 Å². The van der Waals surface area contributed by atoms with Crippen LogP contribution < -0.4 is 9.47 Å². The lowest BCUT2D eigenvalue weighted by Gasteiger charge is -2.17. The maximum Gasteiger partial charge on any atom is 0.128 e. The fourth-order valence-electron chi connectivity index (χ4n) is 2.06. The minimum absolute atomic E-state index is 0.609. The first kappa shape index (κ1) is 14.9. The molecule has 0 heterocycles. The number of benzene rings is 2. The van der Waals surface area contributed by atoms with Crippen molar-refractivity contribution in [1.82, 2.24) is 0 Å². The molecule has 4 heteroatoms. The van der Waals surface area contributed by atoms with Gasteiger partial charge in [-0.2, -0.15) is 0 Å². The highest BCUT2D eigenvalue weighted by Crippen LogP contribution is 2.33. The quantitative estimate of drug-likeness (QED) is 0.921. The van der Waals surface area contributed by atoms with Crippen molar-refractivity contribution in [3.63, 3.8) is 0 Å². The van der Waals surface area contributed by atoms with Crippen LogP contribution in [0.15, 0.2) is 40.9 Å². The zero-order valence-electron chi connectivity index (χ0n) is 11.7. The maximum atomic E-state index is 10.5. The van der Waals surface area contributed by atoms with Crippen molar-refractivity contribution in [1.29, 1.82) is 0 Å². The number of hydrogen-bond donors (Lipinski definition) is 1. The lowest BCUT2D eigenvalue weighted by molar-refractivity contribution is 0.214. The Morgan fingerprint density at radius 2 is 1.80 bits per heavy atom. The molecule has 2 aromatic carbocycles. The maximum absolute atomic E-state index is 10.5. The largest absolute Gasteiger partial charge is 0.497 e. The van der Waals surface area contributed by atoms with E-state index < -0.39 is 6.10 Å². The van der Waals surface area contributed by atoms with Crippen LogP contribution in [0.25, 0.3) is 0 Å². The van der Waals surface area contributed by atoms with Gasteiger partial charge in [-0.15, -0.1) is 0 Å². The molecule has 1 N–H and O–H groups in total. The summed E-state index contributed by atoms with van der Waals surface area (Å²) in [6.45, 7) is 1.99. The molecule has 0 aliphatic heterocycles. The van der Waals surface area contributed by atoms with Gasteiger partial charge in [-0.05, 0) is 36.2 Å². The summed E-state index contributed by atoms with van der Waals surface area (Å²) in [5.41, 5.74) is 2.62. The molecule has 0 spiro atoms. The predicted molar refractivity (Wildman–Crippen MR) is 82.5 cm³/mol. The molecule has 2 rings (SSSR count). The molecule has 20 heavy (non-hydrogen) atoms. The van der Waals surface area contributed by atoms with Crippen LogP contribution in [0.1, 0.15) is 22.8 Å². The third-order valence-corrected chi connectivity index (χ3v) is 4.12. The topological polar surface area (TPSA) is 38.7 Å². The summed E-state index contributed by atoms with van der Waals surface area (Å²) in [6.07, 6.45) is -0.734. The van der Waals surface area contributed by atoms with E-state index >= 15 is 0 Å². The van der Waals surface area contributed by atoms with Crippen LogP contribution in [-0.2, 0) is 0 Å². The second-order valence-electron chi connectivity index (χ2n) is 4.52. The fraction of sp³-hybridized carbons (Fsp3) is 0.250. The summed E-state index contributed by atoms with van der Waals surface area (Å²) in [5.74, 6) is 1.31. The highest BCUT2D eigenvalue weighted by atomic mass is 79.9. The zero-order chi connectivity index (χ0) is 14.7. The Morgan fingerprint density at radius 1 is 1.05 bits per heavy atom. The monoisotopic (exact) mass is 336 g/mol. The molecule has 106 valence electrons. The fourth-order valence-corrected chi connectivity index (χ4v) is 2.31. The second-order valence-corrected chi connectivity index (χ2v) is 5.37. The van der Waals surface area contributed by atoms with Crippen LogP contribution in [0, 0.1) is 6.92 Å². The van der Waals surface area contributed by atoms with Gasteiger partial charge in [-0.1, -0.05) is 28.1 Å². The van der Waals surface area contributed by atoms with Crippen molar-refractivity contribution in [2.75, 3.05) is 14.2 Å². The lowest BCUT2D eigenvalue weighted by Crippen LogP contribution is -2.03. The Bertz CT molecular complexity index is 611. The Balaban J connectivity index is 2.41. The van der Waals surface area contributed by atoms with Crippen molar-refractivity contribution in [2.45, 2.75) is 13.0 Å². The first-order chi connectivity index (χ1) is 9.56. The zero-order valence-corrected chi connectivity index (χ0v) is 13.3. The van der Waals surface area contributed by atoms with Crippen LogP contribution >= 0.6 is 15.9 Å². The molecule has 0 fully saturated rings. The van der Waals surface area contributed by atoms with Gasteiger partial charge in [0.15, 0.2) is 0 Å². The average Bonchev–Trinajstić information content (AvgIpc) is 2.48. The van der Waals surface area contributed by atoms with Gasteiger partial charge >= 0.3 is 0 Å². The molecule has 1 atom stereocenters. The van der Waals surface area contributed by atoms with Crippen molar-refractivity contribution in [2.24, 2.45) is 0 Å². The molecule has 0 aliphatic rings. The number of ether oxygens (including phenoxy) is 2. The van der Waals surface area contributed by atoms with E-state index in [1.807, 2.05) is 37.3 Å². The molecule has 0 bridgehead atoms. The molecular weight excluding hydrogens is 320 g/mol. The summed E-state index contributed by atoms with van der Waals surface area (Å²) in [4.78, 5) is 0. The molecule has 0 aromatic heterocycles. The van der Waals surface area contributed by atoms with Gasteiger partial charge in [0.25, 0.3) is 0 Å². The smallest absolute Gasteiger partial charge is 0.128 e. The lowest BCUT2D eigenvalue weighted by atomic mass is 9.99. The third-order valence-electron chi connectivity index (χ3n) is 3.23. The van der Waals surface area contributed by atoms with Gasteiger partial charge < -0.3 is 14.6 Å². The highest BCUT2D eigenvalue weighted by Gasteiger charge is 2.16. The number of aryl methyl sites for hydroxylation is 1. The van der Waals surface area contributed by atoms with Gasteiger partial charge in [-0.3, -0.25) is 0 Å². The van der Waals surface area contributed by atoms with Crippen molar-refractivity contribution in [3.8, 4) is 11.5 Å². The molecule has 2 aromatic rings. The highest BCUT2D eigenvalue weighted by molar-refractivity contribution is 9.10. The van der Waals surface area contributed by atoms with Gasteiger partial charge in [0.2, 0.25) is 0 Å². The standard InChI is InChI=1S/C16H17BrO3/c1-10-8-11(4-7-14(10)17)16(18)13-6-5-12(19-2)9-15(13)20-3/h4-9,16,18H,1-3H3. The summed E-state index contributed by atoms with van der Waals surface area (Å²) in [6, 6.07) is 11.2. The summed E-state index contributed by atoms with van der Waals surface area (Å²) >= 11 is 3.46. The van der Waals surface area contributed by atoms with E-state index in [0.29, 0.717) is 11.5 Å². The first-order valence-corrected chi connectivity index (χ1v) is 7.02. The predicted octanol–water partition coefficient (Wildman–Crippen LogP) is 3.86. The summed E-state index contributed by atoms with van der Waals surface area (Å²) in [7, 11) is 3.18. The molecule has 0 saturated carbocycles. The van der Waals surface area contributed by atoms with E-state index in [9.17, 15) is 5.11 Å². The van der Waals surface area contributed by atoms with Crippen LogP contribution in [0.5, 0.6) is 11.5 Å². The molecular formula is C16H17BrO3. The van der Waals surface area contributed by atoms with Crippen molar-refractivity contribution in [3.05, 3.63) is 57.6 Å². The Morgan fingerprint density at radius 3 is 2.40 bits per heavy atom. The minimum atomic E-state index is -0.734. The van der Waals surface area contributed by atoms with Gasteiger partial charge in [0.05, 0.1) is 14.2 Å². The normalized spacial score (nSPS) is 12.1.